The molecule has 126 valence electrons. The van der Waals surface area contributed by atoms with E-state index in [0.717, 1.165) is 0 Å². The molecule has 25 heavy (non-hydrogen) atoms. The normalized spacial score (nSPS) is 11.1. The maximum Gasteiger partial charge on any atom is 0.333 e. The predicted octanol–water partition coefficient (Wildman–Crippen LogP) is 2.32. The second-order valence-corrected chi connectivity index (χ2v) is 5.45. The molecule has 3 rings (SSSR count). The average Bonchev–Trinajstić information content (AvgIpc) is 2.65. The zero-order chi connectivity index (χ0) is 18.0. The van der Waals surface area contributed by atoms with E-state index in [1.54, 1.807) is 36.4 Å². The summed E-state index contributed by atoms with van der Waals surface area (Å²) < 4.78 is 6.34. The summed E-state index contributed by atoms with van der Waals surface area (Å²) >= 11 is 0. The lowest BCUT2D eigenvalue weighted by molar-refractivity contribution is -0.635. The van der Waals surface area contributed by atoms with Crippen molar-refractivity contribution in [3.63, 3.8) is 0 Å². The Hall–Kier alpha value is -3.41. The molecule has 2 aromatic carbocycles. The summed E-state index contributed by atoms with van der Waals surface area (Å²) in [7, 11) is 1.54. The number of hydrogen-bond acceptors (Lipinski definition) is 4. The van der Waals surface area contributed by atoms with E-state index in [1.165, 1.54) is 26.2 Å². The number of aromatic nitrogens is 2. The Morgan fingerprint density at radius 1 is 1.00 bits per heavy atom. The zero-order valence-corrected chi connectivity index (χ0v) is 13.8. The lowest BCUT2D eigenvalue weighted by Crippen LogP contribution is -2.46. The van der Waals surface area contributed by atoms with Crippen molar-refractivity contribution in [2.75, 3.05) is 7.11 Å². The number of rotatable bonds is 4. The third-order valence-corrected chi connectivity index (χ3v) is 3.96. The van der Waals surface area contributed by atoms with Crippen LogP contribution in [0.1, 0.15) is 21.7 Å². The standard InChI is InChI=1S/C19H16N2O4/c1-13-19(21(24)16-9-5-4-8-15(16)20(13)23)17(22)12-11-14-7-3-6-10-18(14)25-2/h3-12H,1-2H3. The predicted molar refractivity (Wildman–Crippen MR) is 93.0 cm³/mol. The van der Waals surface area contributed by atoms with Crippen LogP contribution in [0.5, 0.6) is 5.75 Å². The van der Waals surface area contributed by atoms with Gasteiger partial charge < -0.3 is 15.2 Å². The summed E-state index contributed by atoms with van der Waals surface area (Å²) in [6.07, 6.45) is 2.83. The largest absolute Gasteiger partial charge is 0.618 e. The molecule has 0 atom stereocenters. The number of hydrogen-bond donors (Lipinski definition) is 0. The molecule has 0 bridgehead atoms. The van der Waals surface area contributed by atoms with E-state index in [2.05, 4.69) is 0 Å². The van der Waals surface area contributed by atoms with Crippen molar-refractivity contribution in [2.45, 2.75) is 6.92 Å². The highest BCUT2D eigenvalue weighted by atomic mass is 16.5. The maximum atomic E-state index is 12.6. The Kier molecular flexibility index (Phi) is 4.35. The highest BCUT2D eigenvalue weighted by Crippen LogP contribution is 2.19. The van der Waals surface area contributed by atoms with Crippen molar-refractivity contribution in [3.8, 4) is 5.75 Å². The van der Waals surface area contributed by atoms with Gasteiger partial charge in [-0.1, -0.05) is 30.3 Å². The smallest absolute Gasteiger partial charge is 0.333 e. The van der Waals surface area contributed by atoms with Crippen LogP contribution >= 0.6 is 0 Å². The average molecular weight is 336 g/mol. The molecule has 0 unspecified atom stereocenters. The fraction of sp³-hybridized carbons (Fsp3) is 0.105. The molecule has 3 aromatic rings. The number of methoxy groups -OCH3 is 1. The van der Waals surface area contributed by atoms with Crippen molar-refractivity contribution in [3.05, 3.63) is 82.0 Å². The first kappa shape index (κ1) is 16.4. The lowest BCUT2D eigenvalue weighted by Gasteiger charge is -2.09. The molecule has 6 heteroatoms. The van der Waals surface area contributed by atoms with Crippen LogP contribution in [0.25, 0.3) is 17.1 Å². The first-order valence-electron chi connectivity index (χ1n) is 7.64. The fourth-order valence-electron chi connectivity index (χ4n) is 2.68. The Morgan fingerprint density at radius 3 is 2.28 bits per heavy atom. The Morgan fingerprint density at radius 2 is 1.60 bits per heavy atom. The lowest BCUT2D eigenvalue weighted by atomic mass is 10.1. The van der Waals surface area contributed by atoms with E-state index in [4.69, 9.17) is 4.74 Å². The molecule has 0 N–H and O–H groups in total. The first-order valence-corrected chi connectivity index (χ1v) is 7.64. The summed E-state index contributed by atoms with van der Waals surface area (Å²) in [6.45, 7) is 1.46. The Bertz CT molecular complexity index is 996. The fourth-order valence-corrected chi connectivity index (χ4v) is 2.68. The Labute approximate surface area is 144 Å². The highest BCUT2D eigenvalue weighted by molar-refractivity contribution is 6.05. The number of allylic oxidation sites excluding steroid dienone is 1. The molecule has 0 saturated carbocycles. The molecule has 0 saturated heterocycles. The van der Waals surface area contributed by atoms with Crippen LogP contribution in [0.2, 0.25) is 0 Å². The second-order valence-electron chi connectivity index (χ2n) is 5.45. The molecular weight excluding hydrogens is 320 g/mol. The molecule has 0 aliphatic carbocycles. The van der Waals surface area contributed by atoms with Crippen molar-refractivity contribution >= 4 is 22.9 Å². The van der Waals surface area contributed by atoms with Gasteiger partial charge in [-0.3, -0.25) is 4.79 Å². The SMILES string of the molecule is COc1ccccc1C=CC(=O)c1c(C)[n+]([O-])c2ccccc2[n+]1[O-]. The molecule has 1 heterocycles. The van der Waals surface area contributed by atoms with Crippen LogP contribution < -0.4 is 14.2 Å². The molecule has 0 radical (unpaired) electrons. The van der Waals surface area contributed by atoms with E-state index in [-0.39, 0.29) is 22.4 Å². The Balaban J connectivity index is 2.07. The third-order valence-electron chi connectivity index (χ3n) is 3.96. The topological polar surface area (TPSA) is 80.2 Å². The maximum absolute atomic E-state index is 12.6. The minimum absolute atomic E-state index is 0.0587. The van der Waals surface area contributed by atoms with Gasteiger partial charge in [0.25, 0.3) is 22.5 Å². The number of fused-ring (bicyclic) bond motifs is 1. The van der Waals surface area contributed by atoms with Gasteiger partial charge in [0.05, 0.1) is 7.11 Å². The number of ketones is 1. The molecule has 0 fully saturated rings. The summed E-state index contributed by atoms with van der Waals surface area (Å²) in [5, 5.41) is 24.9. The van der Waals surface area contributed by atoms with E-state index in [9.17, 15) is 15.2 Å². The zero-order valence-electron chi connectivity index (χ0n) is 13.8. The molecule has 0 aliphatic heterocycles. The monoisotopic (exact) mass is 336 g/mol. The molecule has 1 aromatic heterocycles. The van der Waals surface area contributed by atoms with Crippen molar-refractivity contribution in [1.82, 2.24) is 0 Å². The van der Waals surface area contributed by atoms with Gasteiger partial charge in [-0.2, -0.15) is 9.46 Å². The van der Waals surface area contributed by atoms with Crippen LogP contribution in [0.3, 0.4) is 0 Å². The number of para-hydroxylation sites is 3. The van der Waals surface area contributed by atoms with Gasteiger partial charge in [-0.25, -0.2) is 0 Å². The minimum atomic E-state index is -0.547. The molecular formula is C19H16N2O4. The van der Waals surface area contributed by atoms with Crippen molar-refractivity contribution in [1.29, 1.82) is 0 Å². The number of ether oxygens (including phenoxy) is 1. The minimum Gasteiger partial charge on any atom is -0.618 e. The molecule has 6 nitrogen and oxygen atoms in total. The van der Waals surface area contributed by atoms with Gasteiger partial charge in [-0.15, -0.1) is 0 Å². The van der Waals surface area contributed by atoms with E-state index < -0.39 is 5.78 Å². The number of carbonyl (C=O) groups is 1. The molecule has 0 amide bonds. The van der Waals surface area contributed by atoms with Crippen LogP contribution in [0, 0.1) is 17.3 Å². The van der Waals surface area contributed by atoms with Crippen molar-refractivity contribution in [2.24, 2.45) is 0 Å². The van der Waals surface area contributed by atoms with Crippen LogP contribution in [-0.4, -0.2) is 12.9 Å². The summed E-state index contributed by atoms with van der Waals surface area (Å²) in [4.78, 5) is 12.6. The van der Waals surface area contributed by atoms with E-state index in [1.807, 2.05) is 12.1 Å². The van der Waals surface area contributed by atoms with Gasteiger partial charge in [0.1, 0.15) is 5.75 Å². The van der Waals surface area contributed by atoms with Crippen LogP contribution in [0.15, 0.2) is 54.6 Å². The third kappa shape index (κ3) is 2.89. The second kappa shape index (κ2) is 6.60. The van der Waals surface area contributed by atoms with Gasteiger partial charge >= 0.3 is 5.69 Å². The van der Waals surface area contributed by atoms with Crippen LogP contribution in [-0.2, 0) is 0 Å². The van der Waals surface area contributed by atoms with Crippen LogP contribution in [0.4, 0.5) is 0 Å². The number of benzene rings is 2. The summed E-state index contributed by atoms with van der Waals surface area (Å²) in [6, 6.07) is 13.5. The summed E-state index contributed by atoms with van der Waals surface area (Å²) in [5.74, 6) is 0.0597. The molecule has 0 aliphatic rings. The van der Waals surface area contributed by atoms with Crippen molar-refractivity contribution < 1.29 is 19.0 Å². The number of nitrogens with zero attached hydrogens (tertiary/aromatic N) is 2. The quantitative estimate of drug-likeness (QED) is 0.317. The van der Waals surface area contributed by atoms with Gasteiger partial charge in [-0.05, 0) is 18.2 Å². The summed E-state index contributed by atoms with van der Waals surface area (Å²) in [5.41, 5.74) is 0.935. The van der Waals surface area contributed by atoms with Gasteiger partial charge in [0.2, 0.25) is 0 Å². The number of carbonyl (C=O) groups excluding carboxylic acids is 1. The first-order chi connectivity index (χ1) is 12.0. The van der Waals surface area contributed by atoms with E-state index >= 15 is 0 Å². The van der Waals surface area contributed by atoms with Gasteiger partial charge in [0.15, 0.2) is 0 Å². The molecule has 0 spiro atoms. The van der Waals surface area contributed by atoms with Gasteiger partial charge in [0, 0.05) is 24.6 Å². The highest BCUT2D eigenvalue weighted by Gasteiger charge is 2.28. The van der Waals surface area contributed by atoms with E-state index in [0.29, 0.717) is 20.8 Å².